The summed E-state index contributed by atoms with van der Waals surface area (Å²) in [6.45, 7) is 0.995. The highest BCUT2D eigenvalue weighted by atomic mass is 127. The summed E-state index contributed by atoms with van der Waals surface area (Å²) in [5.74, 6) is -1.08. The molecule has 1 aromatic heterocycles. The summed E-state index contributed by atoms with van der Waals surface area (Å²) in [7, 11) is -0.724. The Bertz CT molecular complexity index is 1340. The molecule has 3 aromatic rings. The van der Waals surface area contributed by atoms with E-state index in [2.05, 4.69) is 32.8 Å². The second-order valence-corrected chi connectivity index (χ2v) is 12.2. The van der Waals surface area contributed by atoms with Gasteiger partial charge >= 0.3 is 5.97 Å². The predicted octanol–water partition coefficient (Wildman–Crippen LogP) is 3.96. The van der Waals surface area contributed by atoms with Gasteiger partial charge in [-0.3, -0.25) is 9.10 Å². The number of nitrogens with one attached hydrogen (secondary N) is 1. The first-order chi connectivity index (χ1) is 16.7. The van der Waals surface area contributed by atoms with Crippen molar-refractivity contribution in [2.45, 2.75) is 17.9 Å². The van der Waals surface area contributed by atoms with E-state index >= 15 is 0 Å². The first kappa shape index (κ1) is 25.6. The molecule has 4 rings (SSSR count). The minimum absolute atomic E-state index is 0.0798. The molecule has 1 N–H and O–H groups in total. The van der Waals surface area contributed by atoms with Gasteiger partial charge in [0, 0.05) is 21.5 Å². The second kappa shape index (κ2) is 10.6. The van der Waals surface area contributed by atoms with Gasteiger partial charge in [0.1, 0.15) is 11.5 Å². The lowest BCUT2D eigenvalue weighted by molar-refractivity contribution is -0.114. The number of hydrogen-bond donors (Lipinski definition) is 1. The fourth-order valence-electron chi connectivity index (χ4n) is 3.88. The molecule has 0 aliphatic carbocycles. The zero-order valence-corrected chi connectivity index (χ0v) is 22.9. The van der Waals surface area contributed by atoms with Crippen molar-refractivity contribution in [3.63, 3.8) is 0 Å². The highest BCUT2D eigenvalue weighted by Crippen LogP contribution is 2.37. The summed E-state index contributed by atoms with van der Waals surface area (Å²) in [4.78, 5) is 29.0. The molecule has 0 atom stereocenters. The van der Waals surface area contributed by atoms with E-state index < -0.39 is 28.4 Å². The average molecular weight is 626 g/mol. The summed E-state index contributed by atoms with van der Waals surface area (Å²) < 4.78 is 34.0. The average Bonchev–Trinajstić information content (AvgIpc) is 3.19. The van der Waals surface area contributed by atoms with Crippen LogP contribution in [0.3, 0.4) is 0 Å². The molecular formula is C24H24IN3O5S2. The normalized spacial score (nSPS) is 13.7. The number of carbonyl (C=O) groups excluding carboxylic acids is 2. The summed E-state index contributed by atoms with van der Waals surface area (Å²) in [6.07, 6.45) is 0.666. The Balaban J connectivity index is 1.67. The third-order valence-corrected chi connectivity index (χ3v) is 9.26. The van der Waals surface area contributed by atoms with Crippen molar-refractivity contribution in [3.8, 4) is 0 Å². The number of rotatable bonds is 7. The molecule has 8 nitrogen and oxygen atoms in total. The number of ether oxygens (including phenoxy) is 1. The van der Waals surface area contributed by atoms with Gasteiger partial charge in [-0.25, -0.2) is 13.2 Å². The van der Waals surface area contributed by atoms with Gasteiger partial charge in [-0.2, -0.15) is 0 Å². The van der Waals surface area contributed by atoms with Crippen molar-refractivity contribution in [2.75, 3.05) is 36.9 Å². The lowest BCUT2D eigenvalue weighted by Gasteiger charge is -2.24. The molecule has 0 bridgehead atoms. The fraction of sp³-hybridized carbons (Fsp3) is 0.250. The third kappa shape index (κ3) is 5.52. The Labute approximate surface area is 222 Å². The number of halogens is 1. The van der Waals surface area contributed by atoms with Crippen molar-refractivity contribution >= 4 is 66.5 Å². The Hall–Kier alpha value is -2.48. The topological polar surface area (TPSA) is 96.0 Å². The number of anilines is 2. The number of hydrogen-bond acceptors (Lipinski definition) is 7. The van der Waals surface area contributed by atoms with Crippen molar-refractivity contribution in [2.24, 2.45) is 0 Å². The zero-order valence-electron chi connectivity index (χ0n) is 19.2. The van der Waals surface area contributed by atoms with Crippen LogP contribution in [0.4, 0.5) is 10.7 Å². The maximum atomic E-state index is 13.5. The molecule has 1 aliphatic heterocycles. The molecule has 184 valence electrons. The summed E-state index contributed by atoms with van der Waals surface area (Å²) in [5, 5.41) is 3.16. The summed E-state index contributed by atoms with van der Waals surface area (Å²) >= 11 is 3.46. The van der Waals surface area contributed by atoms with Gasteiger partial charge in [0.15, 0.2) is 0 Å². The molecule has 0 saturated carbocycles. The van der Waals surface area contributed by atoms with E-state index in [0.29, 0.717) is 29.2 Å². The van der Waals surface area contributed by atoms with E-state index in [1.54, 1.807) is 42.5 Å². The minimum atomic E-state index is -4.02. The van der Waals surface area contributed by atoms with Crippen LogP contribution in [-0.2, 0) is 32.5 Å². The minimum Gasteiger partial charge on any atom is -0.465 e. The van der Waals surface area contributed by atoms with Gasteiger partial charge in [0.05, 0.1) is 23.3 Å². The molecule has 0 fully saturated rings. The molecule has 0 unspecified atom stereocenters. The monoisotopic (exact) mass is 625 g/mol. The molecule has 35 heavy (non-hydrogen) atoms. The third-order valence-electron chi connectivity index (χ3n) is 5.62. The Kier molecular flexibility index (Phi) is 7.79. The highest BCUT2D eigenvalue weighted by molar-refractivity contribution is 14.1. The van der Waals surface area contributed by atoms with E-state index in [1.807, 2.05) is 7.05 Å². The van der Waals surface area contributed by atoms with Crippen LogP contribution in [0.25, 0.3) is 0 Å². The van der Waals surface area contributed by atoms with Crippen LogP contribution in [-0.4, -0.2) is 52.4 Å². The predicted molar refractivity (Wildman–Crippen MR) is 144 cm³/mol. The van der Waals surface area contributed by atoms with Gasteiger partial charge in [-0.15, -0.1) is 11.3 Å². The van der Waals surface area contributed by atoms with Crippen molar-refractivity contribution in [1.29, 1.82) is 0 Å². The van der Waals surface area contributed by atoms with E-state index in [4.69, 9.17) is 4.74 Å². The van der Waals surface area contributed by atoms with E-state index in [1.165, 1.54) is 30.6 Å². The number of thiophene rings is 1. The molecule has 0 radical (unpaired) electrons. The Morgan fingerprint density at radius 2 is 1.83 bits per heavy atom. The zero-order chi connectivity index (χ0) is 25.2. The number of benzene rings is 2. The lowest BCUT2D eigenvalue weighted by atomic mass is 10.0. The lowest BCUT2D eigenvalue weighted by Crippen LogP contribution is -2.38. The van der Waals surface area contributed by atoms with Crippen LogP contribution in [0.15, 0.2) is 59.5 Å². The van der Waals surface area contributed by atoms with Crippen LogP contribution in [0.2, 0.25) is 0 Å². The standard InChI is InChI=1S/C24H24IN3O5S2/c1-27-13-12-19-20(14-27)34-23(22(19)24(30)33-2)26-21(29)15-28(17-10-8-16(25)9-11-17)35(31,32)18-6-4-3-5-7-18/h3-11H,12-15H2,1-2H3,(H,26,29). The first-order valence-electron chi connectivity index (χ1n) is 10.8. The second-order valence-electron chi connectivity index (χ2n) is 8.04. The molecular weight excluding hydrogens is 601 g/mol. The number of amides is 1. The van der Waals surface area contributed by atoms with Crippen molar-refractivity contribution in [3.05, 3.63) is 74.2 Å². The highest BCUT2D eigenvalue weighted by Gasteiger charge is 2.31. The largest absolute Gasteiger partial charge is 0.465 e. The molecule has 0 spiro atoms. The van der Waals surface area contributed by atoms with E-state index in [-0.39, 0.29) is 4.90 Å². The first-order valence-corrected chi connectivity index (χ1v) is 14.1. The molecule has 0 saturated heterocycles. The molecule has 2 heterocycles. The van der Waals surface area contributed by atoms with Gasteiger partial charge < -0.3 is 15.0 Å². The summed E-state index contributed by atoms with van der Waals surface area (Å²) in [5.41, 5.74) is 1.59. The quantitative estimate of drug-likeness (QED) is 0.316. The number of methoxy groups -OCH3 is 1. The van der Waals surface area contributed by atoms with E-state index in [0.717, 1.165) is 24.9 Å². The number of fused-ring (bicyclic) bond motifs is 1. The van der Waals surface area contributed by atoms with Crippen molar-refractivity contribution < 1.29 is 22.7 Å². The number of likely N-dealkylation sites (N-methyl/N-ethyl adjacent to an activating group) is 1. The van der Waals surface area contributed by atoms with Gasteiger partial charge in [-0.1, -0.05) is 18.2 Å². The fourth-order valence-corrected chi connectivity index (χ4v) is 7.01. The van der Waals surface area contributed by atoms with Gasteiger partial charge in [-0.05, 0) is 78.0 Å². The van der Waals surface area contributed by atoms with Gasteiger partial charge in [0.25, 0.3) is 10.0 Å². The number of sulfonamides is 1. The van der Waals surface area contributed by atoms with Crippen molar-refractivity contribution in [1.82, 2.24) is 4.90 Å². The maximum absolute atomic E-state index is 13.5. The number of carbonyl (C=O) groups is 2. The van der Waals surface area contributed by atoms with Crippen LogP contribution in [0.1, 0.15) is 20.8 Å². The SMILES string of the molecule is COC(=O)c1c(NC(=O)CN(c2ccc(I)cc2)S(=O)(=O)c2ccccc2)sc2c1CCN(C)C2. The van der Waals surface area contributed by atoms with Crippen LogP contribution in [0.5, 0.6) is 0 Å². The number of esters is 1. The van der Waals surface area contributed by atoms with Gasteiger partial charge in [0.2, 0.25) is 5.91 Å². The molecule has 11 heteroatoms. The Morgan fingerprint density at radius 1 is 1.14 bits per heavy atom. The van der Waals surface area contributed by atoms with Crippen LogP contribution in [0, 0.1) is 3.57 Å². The molecule has 1 aliphatic rings. The Morgan fingerprint density at radius 3 is 2.49 bits per heavy atom. The number of nitrogens with zero attached hydrogens (tertiary/aromatic N) is 2. The molecule has 1 amide bonds. The smallest absolute Gasteiger partial charge is 0.341 e. The van der Waals surface area contributed by atoms with E-state index in [9.17, 15) is 18.0 Å². The molecule has 2 aromatic carbocycles. The van der Waals surface area contributed by atoms with Crippen LogP contribution >= 0.6 is 33.9 Å². The summed E-state index contributed by atoms with van der Waals surface area (Å²) in [6, 6.07) is 14.9. The van der Waals surface area contributed by atoms with Crippen LogP contribution < -0.4 is 9.62 Å². The maximum Gasteiger partial charge on any atom is 0.341 e.